The van der Waals surface area contributed by atoms with Crippen molar-refractivity contribution in [3.05, 3.63) is 41.1 Å². The van der Waals surface area contributed by atoms with Gasteiger partial charge in [-0.3, -0.25) is 9.69 Å². The standard InChI is InChI=1S/C17H18N2O4S/c1-10-14(16(21)23-3)15(11-4-6-12(22-2)7-5-11)19-13(20)8-9-24-17(19)18-10/h4-7,15H,8-9H2,1-3H3/t15-/m0/s1. The van der Waals surface area contributed by atoms with Gasteiger partial charge in [0.2, 0.25) is 5.91 Å². The molecule has 126 valence electrons. The van der Waals surface area contributed by atoms with Crippen molar-refractivity contribution in [3.8, 4) is 5.75 Å². The van der Waals surface area contributed by atoms with E-state index >= 15 is 0 Å². The number of esters is 1. The van der Waals surface area contributed by atoms with E-state index in [1.165, 1.54) is 18.9 Å². The van der Waals surface area contributed by atoms with Crippen molar-refractivity contribution in [1.29, 1.82) is 0 Å². The van der Waals surface area contributed by atoms with Gasteiger partial charge in [-0.1, -0.05) is 23.9 Å². The number of nitrogens with zero attached hydrogens (tertiary/aromatic N) is 2. The summed E-state index contributed by atoms with van der Waals surface area (Å²) in [6.45, 7) is 1.77. The summed E-state index contributed by atoms with van der Waals surface area (Å²) < 4.78 is 10.1. The molecule has 7 heteroatoms. The summed E-state index contributed by atoms with van der Waals surface area (Å²) in [4.78, 5) is 30.9. The second-order valence-electron chi connectivity index (χ2n) is 5.42. The largest absolute Gasteiger partial charge is 0.497 e. The number of carbonyl (C=O) groups is 2. The van der Waals surface area contributed by atoms with Crippen molar-refractivity contribution in [1.82, 2.24) is 4.90 Å². The molecule has 1 fully saturated rings. The second-order valence-corrected chi connectivity index (χ2v) is 6.49. The van der Waals surface area contributed by atoms with Gasteiger partial charge < -0.3 is 9.47 Å². The van der Waals surface area contributed by atoms with Crippen LogP contribution in [0.25, 0.3) is 0 Å². The van der Waals surface area contributed by atoms with Crippen molar-refractivity contribution in [2.24, 2.45) is 4.99 Å². The zero-order valence-corrected chi connectivity index (χ0v) is 14.6. The zero-order valence-electron chi connectivity index (χ0n) is 13.7. The monoisotopic (exact) mass is 346 g/mol. The molecule has 0 unspecified atom stereocenters. The highest BCUT2D eigenvalue weighted by molar-refractivity contribution is 8.14. The molecule has 1 aromatic carbocycles. The average molecular weight is 346 g/mol. The summed E-state index contributed by atoms with van der Waals surface area (Å²) in [5, 5.41) is 0.636. The van der Waals surface area contributed by atoms with E-state index < -0.39 is 12.0 Å². The van der Waals surface area contributed by atoms with E-state index in [0.717, 1.165) is 5.56 Å². The molecule has 0 N–H and O–H groups in total. The minimum atomic E-state index is -0.531. The molecular weight excluding hydrogens is 328 g/mol. The van der Waals surface area contributed by atoms with Crippen molar-refractivity contribution in [3.63, 3.8) is 0 Å². The summed E-state index contributed by atoms with van der Waals surface area (Å²) in [6.07, 6.45) is 0.420. The first-order valence-electron chi connectivity index (χ1n) is 7.53. The van der Waals surface area contributed by atoms with Crippen molar-refractivity contribution in [2.75, 3.05) is 20.0 Å². The van der Waals surface area contributed by atoms with Gasteiger partial charge in [0, 0.05) is 12.2 Å². The molecule has 0 bridgehead atoms. The maximum atomic E-state index is 12.5. The Hall–Kier alpha value is -2.28. The van der Waals surface area contributed by atoms with Crippen LogP contribution in [0.5, 0.6) is 5.75 Å². The van der Waals surface area contributed by atoms with Gasteiger partial charge in [-0.15, -0.1) is 0 Å². The third-order valence-electron chi connectivity index (χ3n) is 4.04. The number of amides is 1. The molecule has 6 nitrogen and oxygen atoms in total. The fourth-order valence-electron chi connectivity index (χ4n) is 2.87. The van der Waals surface area contributed by atoms with Gasteiger partial charge in [-0.25, -0.2) is 9.79 Å². The first kappa shape index (κ1) is 16.6. The molecule has 2 heterocycles. The topological polar surface area (TPSA) is 68.2 Å². The predicted octanol–water partition coefficient (Wildman–Crippen LogP) is 2.52. The minimum absolute atomic E-state index is 0.0396. The molecule has 2 aliphatic heterocycles. The highest BCUT2D eigenvalue weighted by atomic mass is 32.2. The Kier molecular flexibility index (Phi) is 4.62. The number of allylic oxidation sites excluding steroid dienone is 1. The van der Waals surface area contributed by atoms with Crippen LogP contribution >= 0.6 is 11.8 Å². The van der Waals surface area contributed by atoms with Crippen LogP contribution in [0.15, 0.2) is 40.5 Å². The maximum absolute atomic E-state index is 12.5. The average Bonchev–Trinajstić information content (AvgIpc) is 2.60. The highest BCUT2D eigenvalue weighted by Crippen LogP contribution is 2.40. The van der Waals surface area contributed by atoms with E-state index in [2.05, 4.69) is 4.99 Å². The number of hydrogen-bond acceptors (Lipinski definition) is 6. The molecule has 0 aromatic heterocycles. The molecule has 0 radical (unpaired) electrons. The Labute approximate surface area is 144 Å². The maximum Gasteiger partial charge on any atom is 0.338 e. The van der Waals surface area contributed by atoms with Crippen LogP contribution in [0.1, 0.15) is 24.9 Å². The van der Waals surface area contributed by atoms with Crippen molar-refractivity contribution < 1.29 is 19.1 Å². The van der Waals surface area contributed by atoms with Crippen LogP contribution in [-0.2, 0) is 14.3 Å². The summed E-state index contributed by atoms with van der Waals surface area (Å²) in [6, 6.07) is 6.81. The first-order chi connectivity index (χ1) is 11.6. The molecule has 0 saturated carbocycles. The Balaban J connectivity index is 2.13. The summed E-state index contributed by atoms with van der Waals surface area (Å²) in [7, 11) is 2.93. The smallest absolute Gasteiger partial charge is 0.338 e. The molecule has 1 amide bonds. The first-order valence-corrected chi connectivity index (χ1v) is 8.52. The third-order valence-corrected chi connectivity index (χ3v) is 5.00. The van der Waals surface area contributed by atoms with Gasteiger partial charge in [0.25, 0.3) is 0 Å². The number of ether oxygens (including phenoxy) is 2. The van der Waals surface area contributed by atoms with E-state index in [-0.39, 0.29) is 5.91 Å². The third kappa shape index (κ3) is 2.80. The van der Waals surface area contributed by atoms with E-state index in [9.17, 15) is 9.59 Å². The Bertz CT molecular complexity index is 739. The lowest BCUT2D eigenvalue weighted by molar-refractivity contribution is -0.137. The molecule has 1 aromatic rings. The van der Waals surface area contributed by atoms with E-state index in [1.807, 2.05) is 24.3 Å². The number of aliphatic imine (C=N–C) groups is 1. The quantitative estimate of drug-likeness (QED) is 0.787. The zero-order chi connectivity index (χ0) is 17.3. The van der Waals surface area contributed by atoms with Crippen LogP contribution in [0, 0.1) is 0 Å². The molecule has 1 atom stereocenters. The number of benzene rings is 1. The van der Waals surface area contributed by atoms with Crippen LogP contribution in [0.2, 0.25) is 0 Å². The fourth-order valence-corrected chi connectivity index (χ4v) is 3.88. The van der Waals surface area contributed by atoms with E-state index in [4.69, 9.17) is 9.47 Å². The molecule has 0 aliphatic carbocycles. The fraction of sp³-hybridized carbons (Fsp3) is 0.353. The molecule has 3 rings (SSSR count). The summed E-state index contributed by atoms with van der Waals surface area (Å²) in [5.74, 6) is 0.898. The molecule has 1 saturated heterocycles. The Morgan fingerprint density at radius 2 is 2.00 bits per heavy atom. The van der Waals surface area contributed by atoms with E-state index in [1.54, 1.807) is 18.9 Å². The van der Waals surface area contributed by atoms with Gasteiger partial charge in [0.15, 0.2) is 5.17 Å². The lowest BCUT2D eigenvalue weighted by Gasteiger charge is -2.38. The normalized spacial score (nSPS) is 20.5. The van der Waals surface area contributed by atoms with Crippen molar-refractivity contribution >= 4 is 28.8 Å². The van der Waals surface area contributed by atoms with Crippen LogP contribution in [0.3, 0.4) is 0 Å². The highest BCUT2D eigenvalue weighted by Gasteiger charge is 2.41. The Morgan fingerprint density at radius 1 is 1.29 bits per heavy atom. The van der Waals surface area contributed by atoms with Gasteiger partial charge in [-0.2, -0.15) is 0 Å². The number of hydrogen-bond donors (Lipinski definition) is 0. The van der Waals surface area contributed by atoms with Gasteiger partial charge >= 0.3 is 5.97 Å². The van der Waals surface area contributed by atoms with Crippen LogP contribution in [-0.4, -0.2) is 41.9 Å². The van der Waals surface area contributed by atoms with Gasteiger partial charge in [-0.05, 0) is 24.6 Å². The summed E-state index contributed by atoms with van der Waals surface area (Å²) in [5.41, 5.74) is 1.79. The molecule has 24 heavy (non-hydrogen) atoms. The number of amidine groups is 1. The molecule has 2 aliphatic rings. The number of carbonyl (C=O) groups excluding carboxylic acids is 2. The van der Waals surface area contributed by atoms with Gasteiger partial charge in [0.05, 0.1) is 31.5 Å². The predicted molar refractivity (Wildman–Crippen MR) is 91.8 cm³/mol. The van der Waals surface area contributed by atoms with Crippen molar-refractivity contribution in [2.45, 2.75) is 19.4 Å². The van der Waals surface area contributed by atoms with Crippen LogP contribution in [0.4, 0.5) is 0 Å². The molecular formula is C17H18N2O4S. The van der Waals surface area contributed by atoms with E-state index in [0.29, 0.717) is 34.4 Å². The van der Waals surface area contributed by atoms with Crippen LogP contribution < -0.4 is 4.74 Å². The SMILES string of the molecule is COC(=O)C1=C(C)N=C2SCCC(=O)N2[C@H]1c1ccc(OC)cc1. The lowest BCUT2D eigenvalue weighted by atomic mass is 9.94. The van der Waals surface area contributed by atoms with Gasteiger partial charge in [0.1, 0.15) is 5.75 Å². The lowest BCUT2D eigenvalue weighted by Crippen LogP contribution is -2.45. The summed E-state index contributed by atoms with van der Waals surface area (Å²) >= 11 is 1.53. The number of fused-ring (bicyclic) bond motifs is 1. The minimum Gasteiger partial charge on any atom is -0.497 e. The number of methoxy groups -OCH3 is 2. The molecule has 0 spiro atoms. The number of thioether (sulfide) groups is 1. The second kappa shape index (κ2) is 6.68. The Morgan fingerprint density at radius 3 is 2.62 bits per heavy atom. The number of rotatable bonds is 3.